The molecule has 354 valence electrons. The van der Waals surface area contributed by atoms with Gasteiger partial charge >= 0.3 is 0 Å². The number of hydrogen-bond acceptors (Lipinski definition) is 3. The average Bonchev–Trinajstić information content (AvgIpc) is 3.54. The molecular weight excluding hydrogens is 846 g/mol. The van der Waals surface area contributed by atoms with Crippen LogP contribution in [0, 0.1) is 0 Å². The van der Waals surface area contributed by atoms with Crippen molar-refractivity contribution in [2.45, 2.75) is 154 Å². The predicted molar refractivity (Wildman–Crippen MR) is 301 cm³/mol. The van der Waals surface area contributed by atoms with Gasteiger partial charge in [0.1, 0.15) is 0 Å². The number of para-hydroxylation sites is 1. The van der Waals surface area contributed by atoms with Gasteiger partial charge in [-0.05, 0) is 170 Å². The Morgan fingerprint density at radius 1 is 0.414 bits per heavy atom. The third-order valence-corrected chi connectivity index (χ3v) is 18.4. The molecule has 0 saturated heterocycles. The maximum Gasteiger partial charge on any atom is 0.252 e. The van der Waals surface area contributed by atoms with Crippen LogP contribution in [0.1, 0.15) is 149 Å². The molecule has 0 bridgehead atoms. The Hall–Kier alpha value is -6.00. The number of anilines is 8. The number of rotatable bonds is 4. The number of hydrogen-bond donors (Lipinski definition) is 0. The molecule has 1 fully saturated rings. The van der Waals surface area contributed by atoms with Gasteiger partial charge in [-0.25, -0.2) is 0 Å². The monoisotopic (exact) mass is 918 g/mol. The molecule has 0 spiro atoms. The largest absolute Gasteiger partial charge is 0.334 e. The standard InChI is InChI=1S/C66H72BN3/c1-61(2,3)45-26-29-48(30-27-45)68-56-32-28-46(62(4,5)6)38-53(56)67-54-41-50-51(64(9,10)36-35-63(50,7)8)42-57(54)69(47-23-17-14-18-24-47)59-40-49(39-58(68)60(59)67)70-55-31-25-44(43-21-15-13-16-22-43)37-52(55)65(11)33-19-20-34-66(65,70)12/h13-18,21-32,37-42H,19-20,33-36H2,1-12H3. The van der Waals surface area contributed by atoms with Gasteiger partial charge in [-0.1, -0.05) is 174 Å². The van der Waals surface area contributed by atoms with Crippen LogP contribution in [-0.2, 0) is 27.1 Å². The Kier molecular flexibility index (Phi) is 9.84. The summed E-state index contributed by atoms with van der Waals surface area (Å²) < 4.78 is 0. The Morgan fingerprint density at radius 3 is 1.60 bits per heavy atom. The van der Waals surface area contributed by atoms with E-state index in [9.17, 15) is 0 Å². The van der Waals surface area contributed by atoms with Gasteiger partial charge in [0.25, 0.3) is 6.71 Å². The highest BCUT2D eigenvalue weighted by molar-refractivity contribution is 7.00. The molecule has 3 nitrogen and oxygen atoms in total. The summed E-state index contributed by atoms with van der Waals surface area (Å²) in [6.45, 7) is 29.2. The first kappa shape index (κ1) is 45.2. The summed E-state index contributed by atoms with van der Waals surface area (Å²) in [5, 5.41) is 0. The maximum absolute atomic E-state index is 2.82. The first-order chi connectivity index (χ1) is 33.2. The van der Waals surface area contributed by atoms with Crippen LogP contribution in [0.15, 0.2) is 146 Å². The lowest BCUT2D eigenvalue weighted by molar-refractivity contribution is 0.195. The minimum absolute atomic E-state index is 0.0253. The molecule has 2 atom stereocenters. The molecule has 4 heteroatoms. The van der Waals surface area contributed by atoms with Gasteiger partial charge in [-0.15, -0.1) is 0 Å². The fourth-order valence-corrected chi connectivity index (χ4v) is 13.8. The van der Waals surface area contributed by atoms with Crippen LogP contribution in [0.2, 0.25) is 0 Å². The normalized spacial score (nSPS) is 21.6. The summed E-state index contributed by atoms with van der Waals surface area (Å²) in [5.74, 6) is 0. The van der Waals surface area contributed by atoms with E-state index in [1.54, 1.807) is 0 Å². The summed E-state index contributed by atoms with van der Waals surface area (Å²) in [6.07, 6.45) is 7.11. The molecule has 5 aliphatic rings. The van der Waals surface area contributed by atoms with Crippen LogP contribution < -0.4 is 31.1 Å². The lowest BCUT2D eigenvalue weighted by Gasteiger charge is -2.51. The fraction of sp³-hybridized carbons (Fsp3) is 0.364. The molecule has 2 aliphatic carbocycles. The van der Waals surface area contributed by atoms with Crippen molar-refractivity contribution < 1.29 is 0 Å². The zero-order valence-electron chi connectivity index (χ0n) is 44.0. The zero-order chi connectivity index (χ0) is 48.9. The molecule has 3 heterocycles. The Morgan fingerprint density at radius 2 is 0.957 bits per heavy atom. The molecule has 0 N–H and O–H groups in total. The van der Waals surface area contributed by atoms with Gasteiger partial charge in [0.05, 0.1) is 5.54 Å². The molecule has 70 heavy (non-hydrogen) atoms. The van der Waals surface area contributed by atoms with Crippen molar-refractivity contribution in [1.82, 2.24) is 0 Å². The van der Waals surface area contributed by atoms with Crippen molar-refractivity contribution in [3.8, 4) is 11.1 Å². The van der Waals surface area contributed by atoms with E-state index in [1.165, 1.54) is 133 Å². The van der Waals surface area contributed by atoms with Gasteiger partial charge in [-0.2, -0.15) is 0 Å². The van der Waals surface area contributed by atoms with Crippen molar-refractivity contribution in [2.75, 3.05) is 14.7 Å². The predicted octanol–water partition coefficient (Wildman–Crippen LogP) is 16.1. The second-order valence-electron chi connectivity index (χ2n) is 25.6. The summed E-state index contributed by atoms with van der Waals surface area (Å²) in [6, 6.07) is 57.3. The smallest absolute Gasteiger partial charge is 0.252 e. The topological polar surface area (TPSA) is 9.72 Å². The van der Waals surface area contributed by atoms with Gasteiger partial charge in [0.15, 0.2) is 0 Å². The van der Waals surface area contributed by atoms with E-state index >= 15 is 0 Å². The van der Waals surface area contributed by atoms with E-state index < -0.39 is 0 Å². The van der Waals surface area contributed by atoms with Gasteiger partial charge in [-0.3, -0.25) is 0 Å². The maximum atomic E-state index is 2.82. The molecule has 3 aliphatic heterocycles. The Bertz CT molecular complexity index is 3220. The number of benzene rings is 7. The van der Waals surface area contributed by atoms with E-state index in [-0.39, 0.29) is 39.3 Å². The fourth-order valence-electron chi connectivity index (χ4n) is 13.8. The van der Waals surface area contributed by atoms with Crippen LogP contribution in [-0.4, -0.2) is 12.3 Å². The van der Waals surface area contributed by atoms with E-state index in [2.05, 4.69) is 243 Å². The molecule has 2 unspecified atom stereocenters. The molecule has 0 aromatic heterocycles. The Labute approximate surface area is 420 Å². The number of fused-ring (bicyclic) bond motifs is 8. The summed E-state index contributed by atoms with van der Waals surface area (Å²) >= 11 is 0. The number of nitrogens with zero attached hydrogens (tertiary/aromatic N) is 3. The minimum atomic E-state index is -0.143. The second kappa shape index (κ2) is 15.3. The van der Waals surface area contributed by atoms with Crippen molar-refractivity contribution >= 4 is 68.6 Å². The zero-order valence-corrected chi connectivity index (χ0v) is 44.0. The highest BCUT2D eigenvalue weighted by Gasteiger charge is 2.58. The van der Waals surface area contributed by atoms with E-state index in [0.29, 0.717) is 0 Å². The highest BCUT2D eigenvalue weighted by atomic mass is 15.3. The lowest BCUT2D eigenvalue weighted by atomic mass is 9.33. The minimum Gasteiger partial charge on any atom is -0.334 e. The molecule has 7 aromatic rings. The second-order valence-corrected chi connectivity index (χ2v) is 25.6. The third kappa shape index (κ3) is 6.60. The first-order valence-corrected chi connectivity index (χ1v) is 26.5. The highest BCUT2D eigenvalue weighted by Crippen LogP contribution is 2.62. The molecular formula is C66H72BN3. The van der Waals surface area contributed by atoms with Gasteiger partial charge < -0.3 is 14.7 Å². The van der Waals surface area contributed by atoms with Crippen LogP contribution >= 0.6 is 0 Å². The summed E-state index contributed by atoms with van der Waals surface area (Å²) in [7, 11) is 0. The summed E-state index contributed by atoms with van der Waals surface area (Å²) in [4.78, 5) is 8.13. The molecule has 1 saturated carbocycles. The van der Waals surface area contributed by atoms with E-state index in [4.69, 9.17) is 0 Å². The first-order valence-electron chi connectivity index (χ1n) is 26.5. The van der Waals surface area contributed by atoms with Crippen LogP contribution in [0.4, 0.5) is 45.5 Å². The molecule has 0 radical (unpaired) electrons. The molecule has 12 rings (SSSR count). The summed E-state index contributed by atoms with van der Waals surface area (Å²) in [5.41, 5.74) is 24.1. The quantitative estimate of drug-likeness (QED) is 0.163. The van der Waals surface area contributed by atoms with E-state index in [1.807, 2.05) is 0 Å². The molecule has 0 amide bonds. The van der Waals surface area contributed by atoms with Crippen molar-refractivity contribution in [3.63, 3.8) is 0 Å². The van der Waals surface area contributed by atoms with Crippen molar-refractivity contribution in [3.05, 3.63) is 173 Å². The van der Waals surface area contributed by atoms with Gasteiger partial charge in [0.2, 0.25) is 0 Å². The van der Waals surface area contributed by atoms with Crippen molar-refractivity contribution in [1.29, 1.82) is 0 Å². The van der Waals surface area contributed by atoms with Crippen LogP contribution in [0.5, 0.6) is 0 Å². The third-order valence-electron chi connectivity index (χ3n) is 18.4. The van der Waals surface area contributed by atoms with E-state index in [0.717, 1.165) is 6.42 Å². The average molecular weight is 918 g/mol. The molecule has 7 aromatic carbocycles. The van der Waals surface area contributed by atoms with Crippen LogP contribution in [0.3, 0.4) is 0 Å². The van der Waals surface area contributed by atoms with Crippen molar-refractivity contribution in [2.24, 2.45) is 0 Å². The van der Waals surface area contributed by atoms with Crippen LogP contribution in [0.25, 0.3) is 11.1 Å². The SMILES string of the molecule is CC(C)(C)c1ccc(N2c3ccc(C(C)(C)C)cc3B3c4cc5c(cc4N(c4ccccc4)c4cc(N6c7ccc(-c8ccccc8)cc7C7(C)CCCCC67C)cc2c43)C(C)(C)CCC5(C)C)cc1. The van der Waals surface area contributed by atoms with Gasteiger partial charge in [0, 0.05) is 50.9 Å². The lowest BCUT2D eigenvalue weighted by Crippen LogP contribution is -2.62. The Balaban J connectivity index is 1.20.